The normalized spacial score (nSPS) is 12.2. The third-order valence-corrected chi connectivity index (χ3v) is 3.38. The van der Waals surface area contributed by atoms with Crippen molar-refractivity contribution in [2.24, 2.45) is 5.73 Å². The van der Waals surface area contributed by atoms with Gasteiger partial charge >= 0.3 is 0 Å². The minimum Gasteiger partial charge on any atom is -0.367 e. The van der Waals surface area contributed by atoms with Gasteiger partial charge in [-0.2, -0.15) is 0 Å². The van der Waals surface area contributed by atoms with Crippen molar-refractivity contribution in [2.75, 3.05) is 11.4 Å². The van der Waals surface area contributed by atoms with Crippen molar-refractivity contribution in [3.05, 3.63) is 65.7 Å². The number of benzene rings is 2. The summed E-state index contributed by atoms with van der Waals surface area (Å²) in [5, 5.41) is 0. The molecule has 0 amide bonds. The Morgan fingerprint density at radius 1 is 1.00 bits per heavy atom. The minimum atomic E-state index is 0.0956. The van der Waals surface area contributed by atoms with Crippen molar-refractivity contribution in [3.8, 4) is 0 Å². The van der Waals surface area contributed by atoms with Crippen molar-refractivity contribution >= 4 is 5.69 Å². The molecule has 0 saturated heterocycles. The molecule has 0 bridgehead atoms. The van der Waals surface area contributed by atoms with Crippen LogP contribution in [-0.4, -0.2) is 6.54 Å². The lowest BCUT2D eigenvalue weighted by Crippen LogP contribution is -2.22. The zero-order valence-corrected chi connectivity index (χ0v) is 11.7. The number of nitrogens with zero attached hydrogens (tertiary/aromatic N) is 1. The Balaban J connectivity index is 2.13. The molecule has 0 heterocycles. The van der Waals surface area contributed by atoms with E-state index in [4.69, 9.17) is 5.73 Å². The molecular weight excluding hydrogens is 232 g/mol. The van der Waals surface area contributed by atoms with E-state index in [2.05, 4.69) is 66.4 Å². The zero-order chi connectivity index (χ0) is 13.7. The van der Waals surface area contributed by atoms with Crippen LogP contribution in [0.2, 0.25) is 0 Å². The predicted octanol–water partition coefficient (Wildman–Crippen LogP) is 3.73. The second kappa shape index (κ2) is 6.39. The Bertz CT molecular complexity index is 488. The zero-order valence-electron chi connectivity index (χ0n) is 11.7. The van der Waals surface area contributed by atoms with Crippen LogP contribution in [0.1, 0.15) is 31.0 Å². The maximum Gasteiger partial charge on any atom is 0.0429 e. The lowest BCUT2D eigenvalue weighted by molar-refractivity contribution is 0.810. The molecule has 0 aliphatic rings. The summed E-state index contributed by atoms with van der Waals surface area (Å²) >= 11 is 0. The van der Waals surface area contributed by atoms with Crippen molar-refractivity contribution in [1.29, 1.82) is 0 Å². The van der Waals surface area contributed by atoms with E-state index in [0.717, 1.165) is 13.1 Å². The highest BCUT2D eigenvalue weighted by Gasteiger charge is 2.06. The molecule has 2 aromatic carbocycles. The first-order valence-electron chi connectivity index (χ1n) is 6.85. The van der Waals surface area contributed by atoms with E-state index in [9.17, 15) is 0 Å². The summed E-state index contributed by atoms with van der Waals surface area (Å²) in [4.78, 5) is 2.36. The van der Waals surface area contributed by atoms with E-state index in [1.807, 2.05) is 6.92 Å². The second-order valence-corrected chi connectivity index (χ2v) is 4.88. The number of anilines is 1. The average Bonchev–Trinajstić information content (AvgIpc) is 2.46. The molecule has 0 aliphatic heterocycles. The number of hydrogen-bond acceptors (Lipinski definition) is 2. The van der Waals surface area contributed by atoms with Crippen LogP contribution < -0.4 is 10.6 Å². The summed E-state index contributed by atoms with van der Waals surface area (Å²) in [6, 6.07) is 19.2. The molecule has 0 aliphatic carbocycles. The van der Waals surface area contributed by atoms with Crippen LogP contribution in [0.25, 0.3) is 0 Å². The van der Waals surface area contributed by atoms with Crippen molar-refractivity contribution in [2.45, 2.75) is 26.4 Å². The van der Waals surface area contributed by atoms with Gasteiger partial charge in [0.15, 0.2) is 0 Å². The Morgan fingerprint density at radius 3 is 2.16 bits per heavy atom. The van der Waals surface area contributed by atoms with Gasteiger partial charge in [-0.1, -0.05) is 42.5 Å². The van der Waals surface area contributed by atoms with E-state index in [1.54, 1.807) is 0 Å². The van der Waals surface area contributed by atoms with Crippen LogP contribution in [-0.2, 0) is 6.54 Å². The third-order valence-electron chi connectivity index (χ3n) is 3.38. The molecule has 0 fully saturated rings. The molecule has 100 valence electrons. The lowest BCUT2D eigenvalue weighted by atomic mass is 10.1. The van der Waals surface area contributed by atoms with Gasteiger partial charge in [0.2, 0.25) is 0 Å². The number of nitrogens with two attached hydrogens (primary N) is 1. The molecule has 0 unspecified atom stereocenters. The fourth-order valence-electron chi connectivity index (χ4n) is 2.18. The largest absolute Gasteiger partial charge is 0.367 e. The summed E-state index contributed by atoms with van der Waals surface area (Å²) in [6.45, 7) is 6.13. The topological polar surface area (TPSA) is 29.3 Å². The third kappa shape index (κ3) is 3.58. The average molecular weight is 254 g/mol. The van der Waals surface area contributed by atoms with Gasteiger partial charge in [-0.25, -0.2) is 0 Å². The smallest absolute Gasteiger partial charge is 0.0429 e. The fourth-order valence-corrected chi connectivity index (χ4v) is 2.18. The number of hydrogen-bond donors (Lipinski definition) is 1. The van der Waals surface area contributed by atoms with E-state index in [1.165, 1.54) is 16.8 Å². The van der Waals surface area contributed by atoms with Gasteiger partial charge in [0, 0.05) is 24.8 Å². The first-order chi connectivity index (χ1) is 9.20. The molecule has 1 atom stereocenters. The molecule has 0 aromatic heterocycles. The highest BCUT2D eigenvalue weighted by Crippen LogP contribution is 2.20. The maximum atomic E-state index is 5.88. The molecule has 2 aromatic rings. The van der Waals surface area contributed by atoms with Gasteiger partial charge in [0.05, 0.1) is 0 Å². The molecule has 2 N–H and O–H groups in total. The maximum absolute atomic E-state index is 5.88. The van der Waals surface area contributed by atoms with Crippen molar-refractivity contribution in [1.82, 2.24) is 0 Å². The molecule has 2 nitrogen and oxygen atoms in total. The van der Waals surface area contributed by atoms with Crippen LogP contribution in [0.15, 0.2) is 54.6 Å². The van der Waals surface area contributed by atoms with Crippen LogP contribution in [0.4, 0.5) is 5.69 Å². The van der Waals surface area contributed by atoms with E-state index in [0.29, 0.717) is 0 Å². The molecule has 2 heteroatoms. The summed E-state index contributed by atoms with van der Waals surface area (Å²) in [5.74, 6) is 0. The summed E-state index contributed by atoms with van der Waals surface area (Å²) in [6.07, 6.45) is 0. The predicted molar refractivity (Wildman–Crippen MR) is 82.2 cm³/mol. The fraction of sp³-hybridized carbons (Fsp3) is 0.294. The van der Waals surface area contributed by atoms with Gasteiger partial charge in [-0.05, 0) is 37.1 Å². The second-order valence-electron chi connectivity index (χ2n) is 4.88. The van der Waals surface area contributed by atoms with Crippen molar-refractivity contribution < 1.29 is 0 Å². The molecule has 19 heavy (non-hydrogen) atoms. The summed E-state index contributed by atoms with van der Waals surface area (Å²) in [7, 11) is 0. The molecule has 0 saturated carbocycles. The Hall–Kier alpha value is -1.80. The molecule has 0 spiro atoms. The number of rotatable bonds is 5. The monoisotopic (exact) mass is 254 g/mol. The van der Waals surface area contributed by atoms with Gasteiger partial charge in [-0.15, -0.1) is 0 Å². The quantitative estimate of drug-likeness (QED) is 0.881. The van der Waals surface area contributed by atoms with Gasteiger partial charge < -0.3 is 10.6 Å². The SMILES string of the molecule is CCN(Cc1ccccc1)c1ccc([C@H](C)N)cc1. The van der Waals surface area contributed by atoms with Crippen LogP contribution >= 0.6 is 0 Å². The van der Waals surface area contributed by atoms with Gasteiger partial charge in [-0.3, -0.25) is 0 Å². The molecule has 2 rings (SSSR count). The molecule has 0 radical (unpaired) electrons. The van der Waals surface area contributed by atoms with E-state index in [-0.39, 0.29) is 6.04 Å². The lowest BCUT2D eigenvalue weighted by Gasteiger charge is -2.23. The van der Waals surface area contributed by atoms with Crippen LogP contribution in [0.3, 0.4) is 0 Å². The highest BCUT2D eigenvalue weighted by molar-refractivity contribution is 5.48. The molecular formula is C17H22N2. The highest BCUT2D eigenvalue weighted by atomic mass is 15.1. The first kappa shape index (κ1) is 13.6. The Labute approximate surface area is 115 Å². The van der Waals surface area contributed by atoms with Gasteiger partial charge in [0.1, 0.15) is 0 Å². The van der Waals surface area contributed by atoms with Crippen molar-refractivity contribution in [3.63, 3.8) is 0 Å². The van der Waals surface area contributed by atoms with E-state index >= 15 is 0 Å². The summed E-state index contributed by atoms with van der Waals surface area (Å²) in [5.41, 5.74) is 9.64. The standard InChI is InChI=1S/C17H22N2/c1-3-19(13-15-7-5-4-6-8-15)17-11-9-16(10-12-17)14(2)18/h4-12,14H,3,13,18H2,1-2H3/t14-/m0/s1. The Kier molecular flexibility index (Phi) is 4.58. The van der Waals surface area contributed by atoms with Gasteiger partial charge in [0.25, 0.3) is 0 Å². The summed E-state index contributed by atoms with van der Waals surface area (Å²) < 4.78 is 0. The van der Waals surface area contributed by atoms with Crippen LogP contribution in [0.5, 0.6) is 0 Å². The van der Waals surface area contributed by atoms with E-state index < -0.39 is 0 Å². The Morgan fingerprint density at radius 2 is 1.63 bits per heavy atom. The first-order valence-corrected chi connectivity index (χ1v) is 6.85. The van der Waals surface area contributed by atoms with Crippen LogP contribution in [0, 0.1) is 0 Å². The minimum absolute atomic E-state index is 0.0956.